The van der Waals surface area contributed by atoms with E-state index in [0.717, 1.165) is 4.47 Å². The van der Waals surface area contributed by atoms with Crippen molar-refractivity contribution in [1.82, 2.24) is 9.21 Å². The van der Waals surface area contributed by atoms with E-state index in [4.69, 9.17) is 5.26 Å². The molecule has 1 heterocycles. The molecule has 1 aromatic rings. The maximum Gasteiger partial charge on any atom is 0.243 e. The molecule has 1 fully saturated rings. The zero-order valence-corrected chi connectivity index (χ0v) is 13.4. The third-order valence-electron chi connectivity index (χ3n) is 3.30. The Labute approximate surface area is 128 Å². The summed E-state index contributed by atoms with van der Waals surface area (Å²) in [5.41, 5.74) is 0. The molecule has 0 aromatic heterocycles. The number of hydrogen-bond acceptors (Lipinski definition) is 4. The molecule has 1 saturated heterocycles. The van der Waals surface area contributed by atoms with Crippen molar-refractivity contribution in [3.63, 3.8) is 0 Å². The summed E-state index contributed by atoms with van der Waals surface area (Å²) in [6.45, 7) is 3.01. The topological polar surface area (TPSA) is 64.4 Å². The third kappa shape index (κ3) is 3.58. The number of halogens is 1. The molecule has 0 radical (unpaired) electrons. The van der Waals surface area contributed by atoms with Crippen LogP contribution in [0.15, 0.2) is 33.6 Å². The molecule has 5 nitrogen and oxygen atoms in total. The summed E-state index contributed by atoms with van der Waals surface area (Å²) in [5, 5.41) is 8.57. The van der Waals surface area contributed by atoms with Crippen molar-refractivity contribution in [2.75, 3.05) is 32.7 Å². The van der Waals surface area contributed by atoms with Crippen LogP contribution in [0, 0.1) is 11.3 Å². The predicted octanol–water partition coefficient (Wildman–Crippen LogP) is 1.67. The Kier molecular flexibility index (Phi) is 5.16. The maximum absolute atomic E-state index is 12.5. The van der Waals surface area contributed by atoms with Gasteiger partial charge in [0.05, 0.1) is 11.0 Å². The van der Waals surface area contributed by atoms with Crippen LogP contribution in [0.3, 0.4) is 0 Å². The summed E-state index contributed by atoms with van der Waals surface area (Å²) in [5.74, 6) is 0. The first-order chi connectivity index (χ1) is 9.54. The van der Waals surface area contributed by atoms with E-state index in [1.54, 1.807) is 24.3 Å². The number of piperazine rings is 1. The van der Waals surface area contributed by atoms with Gasteiger partial charge in [-0.1, -0.05) is 22.0 Å². The van der Waals surface area contributed by atoms with Gasteiger partial charge in [0.1, 0.15) is 0 Å². The average Bonchev–Trinajstić information content (AvgIpc) is 2.45. The van der Waals surface area contributed by atoms with E-state index in [2.05, 4.69) is 26.9 Å². The molecule has 1 aliphatic rings. The van der Waals surface area contributed by atoms with Gasteiger partial charge in [-0.3, -0.25) is 4.90 Å². The zero-order chi connectivity index (χ0) is 14.6. The quantitative estimate of drug-likeness (QED) is 0.821. The zero-order valence-electron chi connectivity index (χ0n) is 11.0. The van der Waals surface area contributed by atoms with Crippen LogP contribution in [0.4, 0.5) is 0 Å². The highest BCUT2D eigenvalue weighted by Crippen LogP contribution is 2.21. The second-order valence-electron chi connectivity index (χ2n) is 4.61. The monoisotopic (exact) mass is 357 g/mol. The fourth-order valence-corrected chi connectivity index (χ4v) is 4.20. The van der Waals surface area contributed by atoms with E-state index in [9.17, 15) is 8.42 Å². The number of nitrogens with zero attached hydrogens (tertiary/aromatic N) is 3. The van der Waals surface area contributed by atoms with Gasteiger partial charge in [0.15, 0.2) is 0 Å². The van der Waals surface area contributed by atoms with Crippen molar-refractivity contribution < 1.29 is 8.42 Å². The molecule has 0 saturated carbocycles. The van der Waals surface area contributed by atoms with Gasteiger partial charge in [0.2, 0.25) is 10.0 Å². The van der Waals surface area contributed by atoms with Gasteiger partial charge in [0.25, 0.3) is 0 Å². The summed E-state index contributed by atoms with van der Waals surface area (Å²) in [4.78, 5) is 2.44. The molecule has 7 heteroatoms. The molecule has 0 spiro atoms. The van der Waals surface area contributed by atoms with Crippen molar-refractivity contribution in [2.45, 2.75) is 11.3 Å². The fourth-order valence-electron chi connectivity index (χ4n) is 2.18. The smallest absolute Gasteiger partial charge is 0.243 e. The van der Waals surface area contributed by atoms with E-state index >= 15 is 0 Å². The molecular formula is C13H16BrN3O2S. The minimum Gasteiger partial charge on any atom is -0.300 e. The van der Waals surface area contributed by atoms with Crippen molar-refractivity contribution >= 4 is 26.0 Å². The van der Waals surface area contributed by atoms with Crippen LogP contribution in [0.25, 0.3) is 0 Å². The van der Waals surface area contributed by atoms with E-state index in [1.807, 2.05) is 0 Å². The second kappa shape index (κ2) is 6.68. The number of benzene rings is 1. The lowest BCUT2D eigenvalue weighted by Crippen LogP contribution is -2.48. The van der Waals surface area contributed by atoms with Crippen molar-refractivity contribution in [2.24, 2.45) is 0 Å². The second-order valence-corrected chi connectivity index (χ2v) is 7.46. The number of sulfonamides is 1. The molecule has 2 rings (SSSR count). The fraction of sp³-hybridized carbons (Fsp3) is 0.462. The number of nitriles is 1. The first-order valence-electron chi connectivity index (χ1n) is 6.39. The van der Waals surface area contributed by atoms with Gasteiger partial charge in [-0.25, -0.2) is 8.42 Å². The highest BCUT2D eigenvalue weighted by Gasteiger charge is 2.28. The van der Waals surface area contributed by atoms with Crippen LogP contribution in [-0.2, 0) is 10.0 Å². The first kappa shape index (κ1) is 15.4. The van der Waals surface area contributed by atoms with Gasteiger partial charge in [0, 0.05) is 43.6 Å². The normalized spacial score (nSPS) is 17.8. The van der Waals surface area contributed by atoms with E-state index in [-0.39, 0.29) is 0 Å². The molecule has 0 bridgehead atoms. The largest absolute Gasteiger partial charge is 0.300 e. The van der Waals surface area contributed by atoms with Crippen LogP contribution < -0.4 is 0 Å². The van der Waals surface area contributed by atoms with E-state index in [0.29, 0.717) is 44.0 Å². The van der Waals surface area contributed by atoms with Gasteiger partial charge in [-0.15, -0.1) is 0 Å². The third-order valence-corrected chi connectivity index (χ3v) is 5.69. The molecule has 0 aliphatic carbocycles. The minimum atomic E-state index is -3.42. The number of hydrogen-bond donors (Lipinski definition) is 0. The Morgan fingerprint density at radius 1 is 1.25 bits per heavy atom. The molecule has 1 aliphatic heterocycles. The maximum atomic E-state index is 12.5. The Balaban J connectivity index is 2.04. The molecule has 0 unspecified atom stereocenters. The minimum absolute atomic E-state index is 0.317. The molecule has 0 amide bonds. The van der Waals surface area contributed by atoms with Crippen molar-refractivity contribution in [1.29, 1.82) is 5.26 Å². The Morgan fingerprint density at radius 3 is 2.55 bits per heavy atom. The van der Waals surface area contributed by atoms with E-state index < -0.39 is 10.0 Å². The standard InChI is InChI=1S/C13H16BrN3O2S/c14-12-3-1-4-13(11-12)20(18,19)17-9-7-16(8-10-17)6-2-5-15/h1,3-4,11H,2,6-10H2. The molecule has 0 N–H and O–H groups in total. The average molecular weight is 358 g/mol. The first-order valence-corrected chi connectivity index (χ1v) is 8.62. The summed E-state index contributed by atoms with van der Waals surface area (Å²) < 4.78 is 27.3. The highest BCUT2D eigenvalue weighted by atomic mass is 79.9. The summed E-state index contributed by atoms with van der Waals surface area (Å²) in [7, 11) is -3.42. The SMILES string of the molecule is N#CCCN1CCN(S(=O)(=O)c2cccc(Br)c2)CC1. The van der Waals surface area contributed by atoms with Gasteiger partial charge in [-0.2, -0.15) is 9.57 Å². The Morgan fingerprint density at radius 2 is 1.95 bits per heavy atom. The van der Waals surface area contributed by atoms with Crippen molar-refractivity contribution in [3.8, 4) is 6.07 Å². The van der Waals surface area contributed by atoms with Crippen LogP contribution in [-0.4, -0.2) is 50.3 Å². The van der Waals surface area contributed by atoms with Crippen LogP contribution >= 0.6 is 15.9 Å². The number of rotatable bonds is 4. The Bertz CT molecular complexity index is 604. The van der Waals surface area contributed by atoms with Crippen LogP contribution in [0.2, 0.25) is 0 Å². The summed E-state index contributed by atoms with van der Waals surface area (Å²) in [6.07, 6.45) is 0.485. The van der Waals surface area contributed by atoms with Gasteiger partial charge >= 0.3 is 0 Å². The predicted molar refractivity (Wildman–Crippen MR) is 79.6 cm³/mol. The molecule has 20 heavy (non-hydrogen) atoms. The van der Waals surface area contributed by atoms with Crippen molar-refractivity contribution in [3.05, 3.63) is 28.7 Å². The van der Waals surface area contributed by atoms with E-state index in [1.165, 1.54) is 4.31 Å². The summed E-state index contributed by atoms with van der Waals surface area (Å²) in [6, 6.07) is 8.87. The molecule has 108 valence electrons. The van der Waals surface area contributed by atoms with Gasteiger partial charge in [-0.05, 0) is 18.2 Å². The van der Waals surface area contributed by atoms with Crippen LogP contribution in [0.1, 0.15) is 6.42 Å². The van der Waals surface area contributed by atoms with Crippen LogP contribution in [0.5, 0.6) is 0 Å². The highest BCUT2D eigenvalue weighted by molar-refractivity contribution is 9.10. The lowest BCUT2D eigenvalue weighted by molar-refractivity contribution is 0.191. The molecular weight excluding hydrogens is 342 g/mol. The molecule has 0 atom stereocenters. The lowest BCUT2D eigenvalue weighted by atomic mass is 10.3. The lowest BCUT2D eigenvalue weighted by Gasteiger charge is -2.33. The summed E-state index contributed by atoms with van der Waals surface area (Å²) >= 11 is 3.29. The Hall–Kier alpha value is -0.940. The van der Waals surface area contributed by atoms with Gasteiger partial charge < -0.3 is 0 Å². The molecule has 1 aromatic carbocycles.